The summed E-state index contributed by atoms with van der Waals surface area (Å²) in [5, 5.41) is 3.55. The number of hydrogen-bond donors (Lipinski definition) is 1. The smallest absolute Gasteiger partial charge is 0.482 e. The van der Waals surface area contributed by atoms with Gasteiger partial charge in [-0.1, -0.05) is 29.8 Å². The molecule has 0 fully saturated rings. The van der Waals surface area contributed by atoms with Gasteiger partial charge >= 0.3 is 18.1 Å². The van der Waals surface area contributed by atoms with E-state index in [-0.39, 0.29) is 25.8 Å². The molecule has 2 aromatic rings. The molecular formula is C24H25ClF3NO5. The maximum Gasteiger partial charge on any atom is 0.490 e. The van der Waals surface area contributed by atoms with Crippen LogP contribution in [-0.2, 0) is 31.9 Å². The Morgan fingerprint density at radius 2 is 1.97 bits per heavy atom. The number of aryl methyl sites for hydroxylation is 1. The monoisotopic (exact) mass is 499 g/mol. The van der Waals surface area contributed by atoms with Gasteiger partial charge in [-0.15, -0.1) is 0 Å². The van der Waals surface area contributed by atoms with E-state index in [0.29, 0.717) is 22.8 Å². The number of alkyl halides is 3. The summed E-state index contributed by atoms with van der Waals surface area (Å²) in [4.78, 5) is 23.0. The molecule has 10 heteroatoms. The Kier molecular flexibility index (Phi) is 8.79. The lowest BCUT2D eigenvalue weighted by Gasteiger charge is -2.28. The number of hydrogen-bond acceptors (Lipinski definition) is 6. The number of ether oxygens (including phenoxy) is 3. The third-order valence-corrected chi connectivity index (χ3v) is 5.60. The van der Waals surface area contributed by atoms with E-state index in [1.54, 1.807) is 31.2 Å². The van der Waals surface area contributed by atoms with E-state index in [9.17, 15) is 22.8 Å². The summed E-state index contributed by atoms with van der Waals surface area (Å²) in [5.74, 6) is -2.18. The molecule has 0 amide bonds. The van der Waals surface area contributed by atoms with Gasteiger partial charge < -0.3 is 19.5 Å². The number of carbonyl (C=O) groups is 2. The molecule has 2 aromatic carbocycles. The van der Waals surface area contributed by atoms with Crippen LogP contribution in [0.2, 0.25) is 5.02 Å². The summed E-state index contributed by atoms with van der Waals surface area (Å²) in [5.41, 5.74) is 2.51. The highest BCUT2D eigenvalue weighted by Gasteiger charge is 2.42. The second-order valence-electron chi connectivity index (χ2n) is 7.82. The van der Waals surface area contributed by atoms with Crippen molar-refractivity contribution >= 4 is 23.5 Å². The fraction of sp³-hybridized carbons (Fsp3) is 0.417. The van der Waals surface area contributed by atoms with Crippen LogP contribution in [0.1, 0.15) is 36.1 Å². The molecule has 184 valence electrons. The Bertz CT molecular complexity index is 1010. The third kappa shape index (κ3) is 7.36. The molecule has 6 nitrogen and oxygen atoms in total. The maximum absolute atomic E-state index is 12.8. The van der Waals surface area contributed by atoms with Gasteiger partial charge in [0.1, 0.15) is 11.9 Å². The Hall–Kier alpha value is -2.78. The first-order valence-electron chi connectivity index (χ1n) is 10.8. The number of benzene rings is 2. The molecule has 1 N–H and O–H groups in total. The lowest BCUT2D eigenvalue weighted by atomic mass is 9.88. The fourth-order valence-electron chi connectivity index (χ4n) is 3.75. The minimum absolute atomic E-state index is 0.0127. The molecule has 0 bridgehead atoms. The summed E-state index contributed by atoms with van der Waals surface area (Å²) in [6.45, 7) is 1.78. The standard InChI is InChI=1S/C24H25ClF3NO5/c1-2-32-22(30)14-33-20-9-7-15-6-8-19(11-17(15)12-20)29-13-21(34-23(31)24(26,27)28)16-4-3-5-18(25)10-16/h3-5,7,9-10,12,19,21,29H,2,6,8,11,13-14H2,1H3. The first-order valence-corrected chi connectivity index (χ1v) is 11.2. The van der Waals surface area contributed by atoms with E-state index in [4.69, 9.17) is 25.8 Å². The maximum atomic E-state index is 12.8. The van der Waals surface area contributed by atoms with Crippen LogP contribution in [0.3, 0.4) is 0 Å². The van der Waals surface area contributed by atoms with Gasteiger partial charge in [0.05, 0.1) is 6.61 Å². The van der Waals surface area contributed by atoms with Gasteiger partial charge in [0.2, 0.25) is 0 Å². The molecule has 0 saturated heterocycles. The predicted octanol–water partition coefficient (Wildman–Crippen LogP) is 4.58. The molecular weight excluding hydrogens is 475 g/mol. The first kappa shape index (κ1) is 25.8. The van der Waals surface area contributed by atoms with Gasteiger partial charge in [0.15, 0.2) is 6.61 Å². The van der Waals surface area contributed by atoms with E-state index < -0.39 is 24.2 Å². The number of esters is 2. The molecule has 3 rings (SSSR count). The molecule has 0 saturated carbocycles. The highest BCUT2D eigenvalue weighted by molar-refractivity contribution is 6.30. The van der Waals surface area contributed by atoms with Crippen LogP contribution in [0.25, 0.3) is 0 Å². The molecule has 0 radical (unpaired) electrons. The second-order valence-corrected chi connectivity index (χ2v) is 8.26. The highest BCUT2D eigenvalue weighted by atomic mass is 35.5. The van der Waals surface area contributed by atoms with E-state index in [0.717, 1.165) is 24.0 Å². The number of rotatable bonds is 9. The number of nitrogens with one attached hydrogen (secondary N) is 1. The molecule has 0 heterocycles. The van der Waals surface area contributed by atoms with Crippen molar-refractivity contribution < 1.29 is 37.0 Å². The lowest BCUT2D eigenvalue weighted by molar-refractivity contribution is -0.205. The highest BCUT2D eigenvalue weighted by Crippen LogP contribution is 2.28. The SMILES string of the molecule is CCOC(=O)COc1ccc2c(c1)CC(NCC(OC(=O)C(F)(F)F)c1cccc(Cl)c1)CC2. The van der Waals surface area contributed by atoms with Crippen LogP contribution >= 0.6 is 11.6 Å². The van der Waals surface area contributed by atoms with Gasteiger partial charge in [-0.2, -0.15) is 13.2 Å². The average molecular weight is 500 g/mol. The van der Waals surface area contributed by atoms with Gasteiger partial charge in [-0.05, 0) is 67.1 Å². The Morgan fingerprint density at radius 1 is 1.18 bits per heavy atom. The molecule has 1 aliphatic carbocycles. The number of halogens is 4. The Balaban J connectivity index is 1.65. The zero-order valence-corrected chi connectivity index (χ0v) is 19.2. The van der Waals surface area contributed by atoms with Crippen molar-refractivity contribution in [3.63, 3.8) is 0 Å². The predicted molar refractivity (Wildman–Crippen MR) is 119 cm³/mol. The summed E-state index contributed by atoms with van der Waals surface area (Å²) < 4.78 is 53.5. The zero-order valence-electron chi connectivity index (χ0n) is 18.5. The Morgan fingerprint density at radius 3 is 2.68 bits per heavy atom. The van der Waals surface area contributed by atoms with Crippen molar-refractivity contribution in [1.82, 2.24) is 5.32 Å². The summed E-state index contributed by atoms with van der Waals surface area (Å²) in [6.07, 6.45) is -4.14. The summed E-state index contributed by atoms with van der Waals surface area (Å²) in [6, 6.07) is 11.7. The molecule has 0 spiro atoms. The van der Waals surface area contributed by atoms with Gasteiger partial charge in [-0.25, -0.2) is 9.59 Å². The van der Waals surface area contributed by atoms with E-state index in [2.05, 4.69) is 5.32 Å². The minimum atomic E-state index is -5.10. The first-order chi connectivity index (χ1) is 16.2. The molecule has 1 aliphatic rings. The fourth-order valence-corrected chi connectivity index (χ4v) is 3.95. The number of carbonyl (C=O) groups excluding carboxylic acids is 2. The van der Waals surface area contributed by atoms with E-state index in [1.807, 2.05) is 12.1 Å². The second kappa shape index (κ2) is 11.6. The molecule has 2 unspecified atom stereocenters. The van der Waals surface area contributed by atoms with Crippen LogP contribution in [-0.4, -0.2) is 43.9 Å². The normalized spacial score (nSPS) is 16.3. The van der Waals surface area contributed by atoms with Crippen molar-refractivity contribution in [3.8, 4) is 5.75 Å². The zero-order chi connectivity index (χ0) is 24.7. The third-order valence-electron chi connectivity index (χ3n) is 5.36. The molecule has 2 atom stereocenters. The molecule has 34 heavy (non-hydrogen) atoms. The van der Waals surface area contributed by atoms with E-state index in [1.165, 1.54) is 6.07 Å². The van der Waals surface area contributed by atoms with Crippen molar-refractivity contribution in [3.05, 3.63) is 64.2 Å². The van der Waals surface area contributed by atoms with E-state index >= 15 is 0 Å². The van der Waals surface area contributed by atoms with Crippen LogP contribution in [0, 0.1) is 0 Å². The number of fused-ring (bicyclic) bond motifs is 1. The molecule has 0 aromatic heterocycles. The van der Waals surface area contributed by atoms with Crippen molar-refractivity contribution in [2.75, 3.05) is 19.8 Å². The topological polar surface area (TPSA) is 73.9 Å². The van der Waals surface area contributed by atoms with Gasteiger partial charge in [0.25, 0.3) is 0 Å². The van der Waals surface area contributed by atoms with Crippen molar-refractivity contribution in [2.24, 2.45) is 0 Å². The Labute approximate surface area is 200 Å². The molecule has 0 aliphatic heterocycles. The van der Waals surface area contributed by atoms with Crippen molar-refractivity contribution in [1.29, 1.82) is 0 Å². The van der Waals surface area contributed by atoms with Crippen LogP contribution < -0.4 is 10.1 Å². The quantitative estimate of drug-likeness (QED) is 0.509. The van der Waals surface area contributed by atoms with Crippen LogP contribution in [0.4, 0.5) is 13.2 Å². The summed E-state index contributed by atoms with van der Waals surface area (Å²) >= 11 is 5.97. The van der Waals surface area contributed by atoms with Gasteiger partial charge in [0, 0.05) is 17.6 Å². The summed E-state index contributed by atoms with van der Waals surface area (Å²) in [7, 11) is 0. The van der Waals surface area contributed by atoms with Crippen LogP contribution in [0.5, 0.6) is 5.75 Å². The largest absolute Gasteiger partial charge is 0.490 e. The van der Waals surface area contributed by atoms with Crippen LogP contribution in [0.15, 0.2) is 42.5 Å². The average Bonchev–Trinajstić information content (AvgIpc) is 2.79. The van der Waals surface area contributed by atoms with Gasteiger partial charge in [-0.3, -0.25) is 0 Å². The minimum Gasteiger partial charge on any atom is -0.482 e. The van der Waals surface area contributed by atoms with Crippen molar-refractivity contribution in [2.45, 2.75) is 44.5 Å². The lowest BCUT2D eigenvalue weighted by Crippen LogP contribution is -2.39.